The Labute approximate surface area is 746 Å². The van der Waals surface area contributed by atoms with Crippen molar-refractivity contribution < 1.29 is 267 Å². The smallest absolute Gasteiger partial charge is 0.364 e. The molecule has 0 spiro atoms. The quantitative estimate of drug-likeness (QED) is 0.0277. The van der Waals surface area contributed by atoms with Crippen LogP contribution in [0.3, 0.4) is 0 Å². The lowest BCUT2D eigenvalue weighted by Crippen LogP contribution is -2.71. The van der Waals surface area contributed by atoms with E-state index < -0.39 is 420 Å². The maximum Gasteiger partial charge on any atom is 0.364 e. The average molecular weight is 1930 g/mol. The van der Waals surface area contributed by atoms with Gasteiger partial charge in [-0.1, -0.05) is 0 Å². The van der Waals surface area contributed by atoms with Gasteiger partial charge in [-0.3, -0.25) is 24.0 Å². The summed E-state index contributed by atoms with van der Waals surface area (Å²) in [6.45, 7) is -7.28. The second-order valence-electron chi connectivity index (χ2n) is 33.1. The number of ether oxygens (including phenoxy) is 19. The Morgan fingerprint density at radius 2 is 0.614 bits per heavy atom. The van der Waals surface area contributed by atoms with Crippen LogP contribution in [0, 0.1) is 0 Å². The van der Waals surface area contributed by atoms with E-state index in [0.717, 1.165) is 34.6 Å². The maximum absolute atomic E-state index is 13.3. The minimum Gasteiger partial charge on any atom is -0.477 e. The van der Waals surface area contributed by atoms with Gasteiger partial charge in [0.05, 0.1) is 78.2 Å². The van der Waals surface area contributed by atoms with Gasteiger partial charge in [-0.05, 0) is 0 Å². The SMILES string of the molecule is CC(=O)N[C@@H]1[C@@H](O)[C@H](O[C@@H]2O[C@H](CO)[C@@H](O[C@@H]3O[C@H](CO[C@@H]4O[C@H](CO)[C@@H](O)[C@H](O)[C@@H]4O[C@@H]4O[C@H](CO)[C@@H](O[C@@H]5O[C@H](CO)[C@H](O)[C@H](OC6(C(=O)O)C[C@H](O)[C@@H](NC(C)=O)[C@H]([C@H](O)[C@H](O)CO)O6)[C@H]5O)[C@H](O)[C@H]4NC(C)=O)[C@@H](O)[C@H](O[C@@H]4O[C@H](CO)[C@@H](O)[C@H](O)[C@@H]4O[C@@H]4O[C@H](CO)[C@@H](O[C@@H]5O[C@H](CO)[C@H](O)[C@H](O)[C@H]5O)[C@H](O)[C@H]4NC(C)=O)[C@@H]3O)[C@H](O)[C@H]2NC(C)=O)[C@@H](CO)O[C@H]1O. The van der Waals surface area contributed by atoms with Crippen molar-refractivity contribution in [2.45, 2.75) is 353 Å². The lowest BCUT2D eigenvalue weighted by molar-refractivity contribution is -0.399. The van der Waals surface area contributed by atoms with Crippen LogP contribution in [0.25, 0.3) is 0 Å². The number of carboxylic acids is 1. The van der Waals surface area contributed by atoms with E-state index in [1.165, 1.54) is 0 Å². The molecule has 10 aliphatic heterocycles. The number of carboxylic acid groups (broad SMARTS) is 1. The fraction of sp³-hybridized carbons (Fsp3) is 0.918. The third-order valence-electron chi connectivity index (χ3n) is 23.8. The van der Waals surface area contributed by atoms with Crippen LogP contribution in [0.1, 0.15) is 41.0 Å². The van der Waals surface area contributed by atoms with Crippen molar-refractivity contribution in [3.05, 3.63) is 0 Å². The second-order valence-corrected chi connectivity index (χ2v) is 33.1. The number of rotatable bonds is 36. The molecule has 10 fully saturated rings. The van der Waals surface area contributed by atoms with Crippen molar-refractivity contribution in [3.63, 3.8) is 0 Å². The summed E-state index contributed by atoms with van der Waals surface area (Å²) in [5.41, 5.74) is 0. The molecule has 51 atom stereocenters. The van der Waals surface area contributed by atoms with Crippen LogP contribution in [0.15, 0.2) is 0 Å². The summed E-state index contributed by atoms with van der Waals surface area (Å²) in [5.74, 6) is -10.2. The number of carbonyl (C=O) groups excluding carboxylic acids is 5. The molecule has 0 radical (unpaired) electrons. The summed E-state index contributed by atoms with van der Waals surface area (Å²) in [4.78, 5) is 77.1. The molecule has 0 saturated carbocycles. The number of hydrogen-bond acceptors (Lipinski definition) is 53. The Bertz CT molecular complexity index is 3680. The molecule has 0 aromatic heterocycles. The molecule has 1 unspecified atom stereocenters. The maximum atomic E-state index is 13.3. The number of aliphatic carboxylic acids is 1. The zero-order chi connectivity index (χ0) is 97.6. The van der Waals surface area contributed by atoms with Gasteiger partial charge in [0.2, 0.25) is 29.5 Å². The summed E-state index contributed by atoms with van der Waals surface area (Å²) < 4.78 is 113. The van der Waals surface area contributed by atoms with E-state index in [4.69, 9.17) is 90.0 Å². The first-order valence-corrected chi connectivity index (χ1v) is 41.8. The topological polar surface area (TPSA) is 925 Å². The molecule has 0 aromatic rings. The van der Waals surface area contributed by atoms with Crippen LogP contribution in [0.5, 0.6) is 0 Å². The summed E-state index contributed by atoms with van der Waals surface area (Å²) >= 11 is 0. The van der Waals surface area contributed by atoms with Gasteiger partial charge in [-0.2, -0.15) is 0 Å². The van der Waals surface area contributed by atoms with Crippen LogP contribution in [-0.4, -0.2) is 562 Å². The van der Waals surface area contributed by atoms with E-state index >= 15 is 0 Å². The first-order valence-electron chi connectivity index (χ1n) is 41.8. The molecule has 5 amide bonds. The standard InChI is InChI=1S/C73H121N5O54/c1-17(88)74-33-22(93)6-73(72(112)113,131-58(33)38(95)23(94)7-79)132-60-42(99)27(11-83)117-69(53(60)110)127-57-31(15-87)121-65(36(47(57)104)77-20(4)91)129-61-49(106)40(97)25(9-81)118-70(61)114-16-32-43(100)59(52(109)68(123-32)126-56-30(14-86)120-64(35(45(56)102)76-19(3)90)124-54-28(12-84)115-63(111)34(44(54)101)75-18(2)89)128-71-62(50(107)41(98)26(10-82)119-71)130-66-37(78-21(5)92)46(103)55(29(13-85)122-66)125-67-51(108)48(105)39(96)24(8-80)116-67/h22-71,79-87,93-111H,6-16H2,1-5H3,(H,74,88)(H,75,89)(H,76,90)(H,77,91)(H,78,92)(H,112,113)/t22-,23+,24+,25+,26+,27+,28+,29+,30+,31+,32+,33+,34+,35+,36+,37+,38+,39-,40+,41+,42-,43+,44+,45+,46+,47+,48-,49-,50-,51+,52-,53+,54+,55+,56+,57+,58+,59-,60-,61-,62-,63+,64-,65-,66-,67-,68-,69-,70+,71-,73?/m0/s1. The van der Waals surface area contributed by atoms with Crippen molar-refractivity contribution >= 4 is 35.5 Å². The Hall–Kier alpha value is -5.06. The number of amides is 5. The van der Waals surface area contributed by atoms with E-state index in [0.29, 0.717) is 0 Å². The number of aliphatic hydroxyl groups is 28. The van der Waals surface area contributed by atoms with Crippen LogP contribution in [0.4, 0.5) is 0 Å². The lowest BCUT2D eigenvalue weighted by atomic mass is 9.88. The highest BCUT2D eigenvalue weighted by Gasteiger charge is 2.64. The minimum atomic E-state index is -3.32. The molecule has 10 rings (SSSR count). The van der Waals surface area contributed by atoms with Crippen molar-refractivity contribution in [3.8, 4) is 0 Å². The fourth-order valence-electron chi connectivity index (χ4n) is 17.0. The molecular weight excluding hydrogens is 1810 g/mol. The van der Waals surface area contributed by atoms with Gasteiger partial charge in [-0.25, -0.2) is 4.79 Å². The highest BCUT2D eigenvalue weighted by molar-refractivity contribution is 5.77. The Balaban J connectivity index is 0.968. The van der Waals surface area contributed by atoms with Crippen LogP contribution in [-0.2, 0) is 119 Å². The molecule has 0 aromatic carbocycles. The monoisotopic (exact) mass is 1930 g/mol. The first-order chi connectivity index (χ1) is 62.3. The molecule has 0 aliphatic carbocycles. The molecule has 34 N–H and O–H groups in total. The van der Waals surface area contributed by atoms with Crippen molar-refractivity contribution in [2.75, 3.05) is 66.1 Å². The minimum absolute atomic E-state index is 0.815. The summed E-state index contributed by atoms with van der Waals surface area (Å²) in [6.07, 6.45) is -100. The third kappa shape index (κ3) is 24.0. The van der Waals surface area contributed by atoms with E-state index in [1.807, 2.05) is 0 Å². The summed E-state index contributed by atoms with van der Waals surface area (Å²) in [6, 6.07) is -9.53. The van der Waals surface area contributed by atoms with Gasteiger partial charge in [-0.15, -0.1) is 0 Å². The number of aliphatic hydroxyl groups excluding tert-OH is 28. The van der Waals surface area contributed by atoms with Crippen molar-refractivity contribution in [1.29, 1.82) is 0 Å². The van der Waals surface area contributed by atoms with Gasteiger partial charge >= 0.3 is 5.97 Å². The fourth-order valence-corrected chi connectivity index (χ4v) is 17.0. The Morgan fingerprint density at radius 3 is 1.02 bits per heavy atom. The van der Waals surface area contributed by atoms with Gasteiger partial charge in [0, 0.05) is 41.0 Å². The number of nitrogens with one attached hydrogen (secondary N) is 5. The zero-order valence-electron chi connectivity index (χ0n) is 70.8. The lowest BCUT2D eigenvalue weighted by Gasteiger charge is -2.51. The van der Waals surface area contributed by atoms with E-state index in [-0.39, 0.29) is 0 Å². The van der Waals surface area contributed by atoms with E-state index in [2.05, 4.69) is 26.6 Å². The molecule has 10 aliphatic rings. The molecule has 10 saturated heterocycles. The Morgan fingerprint density at radius 1 is 0.311 bits per heavy atom. The molecule has 10 heterocycles. The molecular formula is C73H121N5O54. The van der Waals surface area contributed by atoms with Crippen LogP contribution < -0.4 is 26.6 Å². The number of hydrogen-bond donors (Lipinski definition) is 34. The Kier molecular flexibility index (Phi) is 39.0. The molecule has 0 bridgehead atoms. The molecule has 59 nitrogen and oxygen atoms in total. The average Bonchev–Trinajstić information content (AvgIpc) is 0.551. The van der Waals surface area contributed by atoms with Crippen LogP contribution in [0.2, 0.25) is 0 Å². The second kappa shape index (κ2) is 47.3. The van der Waals surface area contributed by atoms with Gasteiger partial charge in [0.25, 0.3) is 5.79 Å². The van der Waals surface area contributed by atoms with E-state index in [1.54, 1.807) is 0 Å². The first kappa shape index (κ1) is 109. The van der Waals surface area contributed by atoms with Gasteiger partial charge < -0.3 is 265 Å². The van der Waals surface area contributed by atoms with Crippen molar-refractivity contribution in [1.82, 2.24) is 26.6 Å². The highest BCUT2D eigenvalue weighted by Crippen LogP contribution is 2.43. The van der Waals surface area contributed by atoms with Gasteiger partial charge in [0.1, 0.15) is 238 Å². The molecule has 762 valence electrons. The highest BCUT2D eigenvalue weighted by atomic mass is 16.8. The van der Waals surface area contributed by atoms with Crippen molar-refractivity contribution in [2.24, 2.45) is 0 Å². The van der Waals surface area contributed by atoms with Gasteiger partial charge in [0.15, 0.2) is 56.6 Å². The predicted molar refractivity (Wildman–Crippen MR) is 405 cm³/mol. The van der Waals surface area contributed by atoms with Crippen LogP contribution >= 0.6 is 0 Å². The number of carbonyl (C=O) groups is 6. The normalized spacial score (nSPS) is 47.2. The van der Waals surface area contributed by atoms with E-state index in [9.17, 15) is 177 Å². The third-order valence-corrected chi connectivity index (χ3v) is 23.8. The zero-order valence-corrected chi connectivity index (χ0v) is 70.8. The predicted octanol–water partition coefficient (Wildman–Crippen LogP) is -22.9. The summed E-state index contributed by atoms with van der Waals surface area (Å²) in [7, 11) is 0. The largest absolute Gasteiger partial charge is 0.477 e. The molecule has 59 heteroatoms. The molecule has 132 heavy (non-hydrogen) atoms. The summed E-state index contributed by atoms with van der Waals surface area (Å²) in [5, 5.41) is 337.